The zero-order valence-electron chi connectivity index (χ0n) is 10.2. The van der Waals surface area contributed by atoms with E-state index in [9.17, 15) is 0 Å². The predicted molar refractivity (Wildman–Crippen MR) is 76.3 cm³/mol. The van der Waals surface area contributed by atoms with E-state index in [0.717, 1.165) is 10.2 Å². The SMILES string of the molecule is N#Cc1ccc(Br)cc1OCCOc1ccccc1. The van der Waals surface area contributed by atoms with Crippen LogP contribution in [0.1, 0.15) is 5.56 Å². The fourth-order valence-electron chi connectivity index (χ4n) is 1.54. The summed E-state index contributed by atoms with van der Waals surface area (Å²) in [4.78, 5) is 0. The topological polar surface area (TPSA) is 42.2 Å². The highest BCUT2D eigenvalue weighted by Gasteiger charge is 2.03. The molecule has 0 unspecified atom stereocenters. The largest absolute Gasteiger partial charge is 0.490 e. The number of rotatable bonds is 5. The van der Waals surface area contributed by atoms with Crippen LogP contribution < -0.4 is 9.47 Å². The molecule has 0 aliphatic carbocycles. The van der Waals surface area contributed by atoms with Gasteiger partial charge in [0, 0.05) is 4.47 Å². The molecule has 0 amide bonds. The van der Waals surface area contributed by atoms with E-state index in [1.54, 1.807) is 12.1 Å². The summed E-state index contributed by atoms with van der Waals surface area (Å²) >= 11 is 3.35. The van der Waals surface area contributed by atoms with E-state index < -0.39 is 0 Å². The van der Waals surface area contributed by atoms with Gasteiger partial charge in [-0.3, -0.25) is 0 Å². The normalized spacial score (nSPS) is 9.68. The highest BCUT2D eigenvalue weighted by molar-refractivity contribution is 9.10. The Morgan fingerprint density at radius 3 is 2.47 bits per heavy atom. The molecule has 2 rings (SSSR count). The van der Waals surface area contributed by atoms with Crippen molar-refractivity contribution in [2.24, 2.45) is 0 Å². The van der Waals surface area contributed by atoms with Crippen LogP contribution in [0.15, 0.2) is 53.0 Å². The van der Waals surface area contributed by atoms with Crippen LogP contribution in [-0.4, -0.2) is 13.2 Å². The first-order valence-electron chi connectivity index (χ1n) is 5.80. The molecule has 96 valence electrons. The zero-order chi connectivity index (χ0) is 13.5. The van der Waals surface area contributed by atoms with Gasteiger partial charge in [0.2, 0.25) is 0 Å². The van der Waals surface area contributed by atoms with E-state index in [1.165, 1.54) is 0 Å². The molecule has 0 spiro atoms. The maximum absolute atomic E-state index is 8.97. The maximum atomic E-state index is 8.97. The van der Waals surface area contributed by atoms with Crippen molar-refractivity contribution in [3.8, 4) is 17.6 Å². The molecule has 0 aromatic heterocycles. The van der Waals surface area contributed by atoms with Crippen LogP contribution in [0.2, 0.25) is 0 Å². The zero-order valence-corrected chi connectivity index (χ0v) is 11.8. The first-order chi connectivity index (χ1) is 9.29. The Bertz CT molecular complexity index is 578. The van der Waals surface area contributed by atoms with Crippen LogP contribution in [0, 0.1) is 11.3 Å². The molecule has 0 fully saturated rings. The van der Waals surface area contributed by atoms with E-state index in [0.29, 0.717) is 24.5 Å². The molecule has 2 aromatic rings. The van der Waals surface area contributed by atoms with Crippen LogP contribution in [0.25, 0.3) is 0 Å². The fourth-order valence-corrected chi connectivity index (χ4v) is 1.88. The lowest BCUT2D eigenvalue weighted by Gasteiger charge is -2.09. The Morgan fingerprint density at radius 2 is 1.74 bits per heavy atom. The monoisotopic (exact) mass is 317 g/mol. The van der Waals surface area contributed by atoms with Gasteiger partial charge in [-0.05, 0) is 30.3 Å². The molecule has 0 aliphatic heterocycles. The summed E-state index contributed by atoms with van der Waals surface area (Å²) in [6, 6.07) is 16.9. The Balaban J connectivity index is 1.86. The number of hydrogen-bond acceptors (Lipinski definition) is 3. The minimum absolute atomic E-state index is 0.389. The molecule has 0 saturated carbocycles. The van der Waals surface area contributed by atoms with Crippen LogP contribution in [-0.2, 0) is 0 Å². The molecule has 3 nitrogen and oxygen atoms in total. The number of hydrogen-bond donors (Lipinski definition) is 0. The van der Waals surface area contributed by atoms with Crippen molar-refractivity contribution < 1.29 is 9.47 Å². The lowest BCUT2D eigenvalue weighted by molar-refractivity contribution is 0.216. The molecule has 0 bridgehead atoms. The van der Waals surface area contributed by atoms with Crippen LogP contribution in [0.4, 0.5) is 0 Å². The summed E-state index contributed by atoms with van der Waals surface area (Å²) in [6.07, 6.45) is 0. The average Bonchev–Trinajstić information content (AvgIpc) is 2.45. The third kappa shape index (κ3) is 4.01. The molecule has 0 radical (unpaired) electrons. The van der Waals surface area contributed by atoms with Crippen molar-refractivity contribution >= 4 is 15.9 Å². The van der Waals surface area contributed by atoms with Crippen molar-refractivity contribution in [2.45, 2.75) is 0 Å². The molecule has 0 N–H and O–H groups in total. The number of nitrogens with zero attached hydrogens (tertiary/aromatic N) is 1. The van der Waals surface area contributed by atoms with E-state index in [-0.39, 0.29) is 0 Å². The quantitative estimate of drug-likeness (QED) is 0.788. The Labute approximate surface area is 120 Å². The van der Waals surface area contributed by atoms with Gasteiger partial charge >= 0.3 is 0 Å². The molecular weight excluding hydrogens is 306 g/mol. The summed E-state index contributed by atoms with van der Waals surface area (Å²) in [5.41, 5.74) is 0.517. The minimum Gasteiger partial charge on any atom is -0.490 e. The van der Waals surface area contributed by atoms with Crippen molar-refractivity contribution in [2.75, 3.05) is 13.2 Å². The second-order valence-corrected chi connectivity index (χ2v) is 4.68. The number of para-hydroxylation sites is 1. The van der Waals surface area contributed by atoms with Gasteiger partial charge < -0.3 is 9.47 Å². The highest BCUT2D eigenvalue weighted by atomic mass is 79.9. The van der Waals surface area contributed by atoms with Crippen molar-refractivity contribution in [3.05, 3.63) is 58.6 Å². The summed E-state index contributed by atoms with van der Waals surface area (Å²) in [6.45, 7) is 0.821. The van der Waals surface area contributed by atoms with Gasteiger partial charge in [0.05, 0.1) is 5.56 Å². The van der Waals surface area contributed by atoms with Gasteiger partial charge in [-0.2, -0.15) is 5.26 Å². The fraction of sp³-hybridized carbons (Fsp3) is 0.133. The van der Waals surface area contributed by atoms with Gasteiger partial charge in [-0.15, -0.1) is 0 Å². The van der Waals surface area contributed by atoms with E-state index in [4.69, 9.17) is 14.7 Å². The van der Waals surface area contributed by atoms with E-state index in [1.807, 2.05) is 36.4 Å². The third-order valence-electron chi connectivity index (χ3n) is 2.42. The van der Waals surface area contributed by atoms with Gasteiger partial charge in [-0.25, -0.2) is 0 Å². The van der Waals surface area contributed by atoms with Gasteiger partial charge in [0.15, 0.2) is 0 Å². The smallest absolute Gasteiger partial charge is 0.138 e. The lowest BCUT2D eigenvalue weighted by Crippen LogP contribution is -2.09. The molecule has 0 heterocycles. The Hall–Kier alpha value is -1.99. The third-order valence-corrected chi connectivity index (χ3v) is 2.91. The maximum Gasteiger partial charge on any atom is 0.138 e. The van der Waals surface area contributed by atoms with Gasteiger partial charge in [0.25, 0.3) is 0 Å². The van der Waals surface area contributed by atoms with E-state index >= 15 is 0 Å². The number of benzene rings is 2. The lowest BCUT2D eigenvalue weighted by atomic mass is 10.2. The van der Waals surface area contributed by atoms with Crippen molar-refractivity contribution in [1.29, 1.82) is 5.26 Å². The average molecular weight is 318 g/mol. The molecule has 4 heteroatoms. The summed E-state index contributed by atoms with van der Waals surface area (Å²) < 4.78 is 11.9. The number of nitriles is 1. The molecule has 0 aliphatic rings. The van der Waals surface area contributed by atoms with Gasteiger partial charge in [-0.1, -0.05) is 34.1 Å². The number of halogens is 1. The molecule has 0 atom stereocenters. The first-order valence-corrected chi connectivity index (χ1v) is 6.59. The van der Waals surface area contributed by atoms with Crippen molar-refractivity contribution in [1.82, 2.24) is 0 Å². The standard InChI is InChI=1S/C15H12BrNO2/c16-13-7-6-12(11-17)15(10-13)19-9-8-18-14-4-2-1-3-5-14/h1-7,10H,8-9H2. The highest BCUT2D eigenvalue weighted by Crippen LogP contribution is 2.23. The first kappa shape index (κ1) is 13.4. The molecule has 2 aromatic carbocycles. The van der Waals surface area contributed by atoms with Crippen molar-refractivity contribution in [3.63, 3.8) is 0 Å². The molecule has 0 saturated heterocycles. The molecule has 19 heavy (non-hydrogen) atoms. The second-order valence-electron chi connectivity index (χ2n) is 3.76. The van der Waals surface area contributed by atoms with Gasteiger partial charge in [0.1, 0.15) is 30.8 Å². The Morgan fingerprint density at radius 1 is 1.00 bits per heavy atom. The minimum atomic E-state index is 0.389. The molecular formula is C15H12BrNO2. The summed E-state index contributed by atoms with van der Waals surface area (Å²) in [5.74, 6) is 1.37. The number of ether oxygens (including phenoxy) is 2. The summed E-state index contributed by atoms with van der Waals surface area (Å²) in [7, 11) is 0. The van der Waals surface area contributed by atoms with Crippen LogP contribution in [0.5, 0.6) is 11.5 Å². The van der Waals surface area contributed by atoms with Crippen LogP contribution >= 0.6 is 15.9 Å². The Kier molecular flexibility index (Phi) is 4.82. The van der Waals surface area contributed by atoms with Crippen LogP contribution in [0.3, 0.4) is 0 Å². The van der Waals surface area contributed by atoms with E-state index in [2.05, 4.69) is 22.0 Å². The summed E-state index contributed by atoms with van der Waals surface area (Å²) in [5, 5.41) is 8.97. The predicted octanol–water partition coefficient (Wildman–Crippen LogP) is 3.78. The second kappa shape index (κ2) is 6.81.